The number of alkyl halides is 2. The standard InChI is InChI=1S/C29H17Br2Cl2F5N2O8/c1-47-11-5-9(14(30)15(31)22(11)41)13-7-3-4-8-12(24(43)40(23(8)42)27(46)48-2)10(7)6-28(32)25(44)39(26(45)29(13,28)33)21-19(37)17(35)16(34)18(36)20(21)38/h3,5,8,10,12-13,41H,4,6H2,1-2H3/t8-,10+,12-,13+,28+,29-/m0/s1. The average Bonchev–Trinajstić information content (AvgIpc) is 3.40. The van der Waals surface area contributed by atoms with Gasteiger partial charge in [0, 0.05) is 10.4 Å². The SMILES string of the molecule is COC(=O)N1C(=O)[C@H]2[C@H](CC=C3[C@H]2C[C@@]2(Cl)C(=O)N(c4c(F)c(F)c(F)c(F)c4F)C(=O)[C@@]2(Cl)[C@H]3c2cc(OC)c(O)c(Br)c2Br)C1=O. The van der Waals surface area contributed by atoms with Crippen LogP contribution in [-0.2, 0) is 23.9 Å². The van der Waals surface area contributed by atoms with Crippen LogP contribution in [0.4, 0.5) is 32.4 Å². The van der Waals surface area contributed by atoms with Gasteiger partial charge in [0.05, 0.1) is 30.5 Å². The topological polar surface area (TPSA) is 131 Å². The normalized spacial score (nSPS) is 29.5. The number of hydrogen-bond donors (Lipinski definition) is 1. The van der Waals surface area contributed by atoms with E-state index in [0.29, 0.717) is 0 Å². The van der Waals surface area contributed by atoms with Crippen LogP contribution in [0.2, 0.25) is 0 Å². The van der Waals surface area contributed by atoms with E-state index >= 15 is 8.78 Å². The Hall–Kier alpha value is -3.28. The molecule has 10 nitrogen and oxygen atoms in total. The van der Waals surface area contributed by atoms with Gasteiger partial charge in [-0.1, -0.05) is 11.6 Å². The summed E-state index contributed by atoms with van der Waals surface area (Å²) in [5, 5.41) is 10.6. The molecular weight excluding hydrogens is 830 g/mol. The zero-order valence-electron chi connectivity index (χ0n) is 24.0. The number of likely N-dealkylation sites (tertiary alicyclic amines) is 1. The summed E-state index contributed by atoms with van der Waals surface area (Å²) in [5.41, 5.74) is -1.87. The number of allylic oxidation sites excluding steroid dienone is 2. The molecule has 6 rings (SSSR count). The molecule has 254 valence electrons. The Morgan fingerprint density at radius 3 is 2.06 bits per heavy atom. The molecule has 0 radical (unpaired) electrons. The molecule has 1 N–H and O–H groups in total. The summed E-state index contributed by atoms with van der Waals surface area (Å²) in [6, 6.07) is 1.19. The van der Waals surface area contributed by atoms with E-state index in [4.69, 9.17) is 27.9 Å². The van der Waals surface area contributed by atoms with Crippen LogP contribution in [-0.4, -0.2) is 63.7 Å². The third-order valence-corrected chi connectivity index (χ3v) is 12.9. The third-order valence-electron chi connectivity index (χ3n) is 9.28. The molecule has 4 aliphatic rings. The molecule has 1 saturated carbocycles. The van der Waals surface area contributed by atoms with E-state index in [2.05, 4.69) is 36.6 Å². The molecule has 2 aromatic rings. The van der Waals surface area contributed by atoms with E-state index < -0.39 is 110 Å². The number of rotatable bonds is 3. The van der Waals surface area contributed by atoms with Crippen molar-refractivity contribution in [3.8, 4) is 11.5 Å². The average molecular weight is 847 g/mol. The van der Waals surface area contributed by atoms with E-state index in [9.17, 15) is 42.3 Å². The van der Waals surface area contributed by atoms with Crippen LogP contribution in [0.5, 0.6) is 11.5 Å². The second-order valence-corrected chi connectivity index (χ2v) is 14.1. The van der Waals surface area contributed by atoms with Crippen molar-refractivity contribution in [1.82, 2.24) is 4.90 Å². The van der Waals surface area contributed by atoms with Crippen molar-refractivity contribution < 1.29 is 60.5 Å². The second-order valence-electron chi connectivity index (χ2n) is 11.3. The highest BCUT2D eigenvalue weighted by atomic mass is 79.9. The lowest BCUT2D eigenvalue weighted by Crippen LogP contribution is -2.60. The Balaban J connectivity index is 1.65. The lowest BCUT2D eigenvalue weighted by atomic mass is 9.56. The van der Waals surface area contributed by atoms with Crippen LogP contribution in [0, 0.1) is 46.8 Å². The van der Waals surface area contributed by atoms with Gasteiger partial charge in [0.1, 0.15) is 5.69 Å². The summed E-state index contributed by atoms with van der Waals surface area (Å²) in [6.45, 7) is 0. The molecule has 3 fully saturated rings. The smallest absolute Gasteiger partial charge is 0.423 e. The van der Waals surface area contributed by atoms with Crippen LogP contribution in [0.15, 0.2) is 26.7 Å². The molecule has 2 aliphatic carbocycles. The Bertz CT molecular complexity index is 1920. The maximum Gasteiger partial charge on any atom is 0.423 e. The number of carbonyl (C=O) groups is 5. The first-order valence-corrected chi connectivity index (χ1v) is 15.9. The molecule has 48 heavy (non-hydrogen) atoms. The highest BCUT2D eigenvalue weighted by Crippen LogP contribution is 2.67. The van der Waals surface area contributed by atoms with Gasteiger partial charge in [0.25, 0.3) is 11.8 Å². The first kappa shape index (κ1) is 34.6. The fourth-order valence-corrected chi connectivity index (χ4v) is 9.04. The van der Waals surface area contributed by atoms with Crippen LogP contribution in [0.1, 0.15) is 24.3 Å². The number of benzene rings is 2. The largest absolute Gasteiger partial charge is 0.503 e. The molecule has 0 spiro atoms. The predicted molar refractivity (Wildman–Crippen MR) is 161 cm³/mol. The molecule has 5 amide bonds. The summed E-state index contributed by atoms with van der Waals surface area (Å²) in [7, 11) is 2.11. The van der Waals surface area contributed by atoms with Gasteiger partial charge in [-0.25, -0.2) is 31.6 Å². The number of anilines is 1. The van der Waals surface area contributed by atoms with Crippen molar-refractivity contribution in [2.24, 2.45) is 17.8 Å². The Morgan fingerprint density at radius 1 is 0.917 bits per heavy atom. The number of fused-ring (bicyclic) bond motifs is 4. The number of halogens is 9. The van der Waals surface area contributed by atoms with Crippen LogP contribution in [0.25, 0.3) is 0 Å². The molecule has 6 atom stereocenters. The van der Waals surface area contributed by atoms with Gasteiger partial charge in [0.2, 0.25) is 17.6 Å². The summed E-state index contributed by atoms with van der Waals surface area (Å²) < 4.78 is 82.9. The summed E-state index contributed by atoms with van der Waals surface area (Å²) >= 11 is 20.6. The number of phenolic OH excluding ortho intramolecular Hbond substituents is 1. The Labute approximate surface area is 292 Å². The Morgan fingerprint density at radius 2 is 1.50 bits per heavy atom. The fraction of sp³-hybridized carbons (Fsp3) is 0.345. The minimum atomic E-state index is -2.82. The highest BCUT2D eigenvalue weighted by molar-refractivity contribution is 9.13. The van der Waals surface area contributed by atoms with Gasteiger partial charge in [-0.15, -0.1) is 23.2 Å². The number of aromatic hydroxyl groups is 1. The summed E-state index contributed by atoms with van der Waals surface area (Å²) in [4.78, 5) is 62.3. The van der Waals surface area contributed by atoms with Gasteiger partial charge in [-0.05, 0) is 62.2 Å². The predicted octanol–water partition coefficient (Wildman–Crippen LogP) is 5.95. The molecule has 19 heteroatoms. The summed E-state index contributed by atoms with van der Waals surface area (Å²) in [6.07, 6.45) is -0.841. The molecule has 0 aromatic heterocycles. The van der Waals surface area contributed by atoms with E-state index in [1.165, 1.54) is 19.3 Å². The number of nitrogens with zero attached hydrogens (tertiary/aromatic N) is 2. The van der Waals surface area contributed by atoms with Crippen molar-refractivity contribution in [3.63, 3.8) is 0 Å². The molecular formula is C29H17Br2Cl2F5N2O8. The van der Waals surface area contributed by atoms with Crippen molar-refractivity contribution in [2.75, 3.05) is 19.1 Å². The molecule has 2 saturated heterocycles. The van der Waals surface area contributed by atoms with Crippen LogP contribution >= 0.6 is 55.1 Å². The van der Waals surface area contributed by atoms with Crippen LogP contribution < -0.4 is 9.64 Å². The summed E-state index contributed by atoms with van der Waals surface area (Å²) in [5.74, 6) is -24.1. The number of phenols is 1. The minimum absolute atomic E-state index is 0.00606. The molecule has 2 aromatic carbocycles. The molecule has 0 unspecified atom stereocenters. The number of imide groups is 4. The minimum Gasteiger partial charge on any atom is -0.503 e. The lowest BCUT2D eigenvalue weighted by Gasteiger charge is -2.51. The van der Waals surface area contributed by atoms with Gasteiger partial charge in [-0.2, -0.15) is 4.90 Å². The number of amides is 5. The number of hydrogen-bond acceptors (Lipinski definition) is 8. The van der Waals surface area contributed by atoms with Crippen molar-refractivity contribution >= 4 is 90.5 Å². The van der Waals surface area contributed by atoms with Crippen molar-refractivity contribution in [2.45, 2.75) is 28.5 Å². The third kappa shape index (κ3) is 4.16. The number of methoxy groups -OCH3 is 2. The monoisotopic (exact) mass is 844 g/mol. The van der Waals surface area contributed by atoms with E-state index in [0.717, 1.165) is 7.11 Å². The zero-order chi connectivity index (χ0) is 35.5. The first-order chi connectivity index (χ1) is 22.4. The lowest BCUT2D eigenvalue weighted by molar-refractivity contribution is -0.138. The van der Waals surface area contributed by atoms with Crippen LogP contribution in [0.3, 0.4) is 0 Å². The van der Waals surface area contributed by atoms with Gasteiger partial charge in [0.15, 0.2) is 44.5 Å². The first-order valence-electron chi connectivity index (χ1n) is 13.6. The van der Waals surface area contributed by atoms with Gasteiger partial charge in [-0.3, -0.25) is 19.2 Å². The second kappa shape index (κ2) is 11.4. The molecule has 2 heterocycles. The number of ether oxygens (including phenoxy) is 2. The quantitative estimate of drug-likeness (QED) is 0.100. The highest BCUT2D eigenvalue weighted by Gasteiger charge is 2.77. The van der Waals surface area contributed by atoms with E-state index in [1.807, 2.05) is 0 Å². The zero-order valence-corrected chi connectivity index (χ0v) is 28.7. The maximum atomic E-state index is 15.2. The van der Waals surface area contributed by atoms with Gasteiger partial charge >= 0.3 is 6.09 Å². The maximum absolute atomic E-state index is 15.2. The molecule has 2 aliphatic heterocycles. The van der Waals surface area contributed by atoms with E-state index in [1.54, 1.807) is 0 Å². The van der Waals surface area contributed by atoms with E-state index in [-0.39, 0.29) is 42.1 Å². The fourth-order valence-electron chi connectivity index (χ4n) is 7.16. The Kier molecular flexibility index (Phi) is 8.20. The van der Waals surface area contributed by atoms with Crippen molar-refractivity contribution in [3.05, 3.63) is 61.3 Å². The van der Waals surface area contributed by atoms with Gasteiger partial charge < -0.3 is 14.6 Å². The molecule has 0 bridgehead atoms. The number of carbonyl (C=O) groups excluding carboxylic acids is 5. The van der Waals surface area contributed by atoms with Crippen molar-refractivity contribution in [1.29, 1.82) is 0 Å².